The number of halogens is 1. The largest absolute Gasteiger partial charge is 0.326 e. The molecule has 2 aromatic rings. The molecule has 3 amide bonds. The summed E-state index contributed by atoms with van der Waals surface area (Å²) in [5.74, 6) is -0.0932. The van der Waals surface area contributed by atoms with Crippen molar-refractivity contribution in [2.45, 2.75) is 19.8 Å². The second kappa shape index (κ2) is 8.23. The minimum Gasteiger partial charge on any atom is -0.326 e. The highest BCUT2D eigenvalue weighted by molar-refractivity contribution is 6.30. The lowest BCUT2D eigenvalue weighted by Crippen LogP contribution is -2.43. The van der Waals surface area contributed by atoms with Gasteiger partial charge in [0, 0.05) is 35.4 Å². The highest BCUT2D eigenvalue weighted by atomic mass is 35.5. The van der Waals surface area contributed by atoms with Gasteiger partial charge < -0.3 is 15.5 Å². The molecule has 136 valence electrons. The molecule has 3 rings (SSSR count). The SMILES string of the molecule is Cc1cc(Cl)ccc1NC(=O)C1CCN(C(=O)Nc2ccccc2)CC1. The topological polar surface area (TPSA) is 61.4 Å². The summed E-state index contributed by atoms with van der Waals surface area (Å²) in [5.41, 5.74) is 2.49. The van der Waals surface area contributed by atoms with E-state index in [0.717, 1.165) is 16.9 Å². The summed E-state index contributed by atoms with van der Waals surface area (Å²) in [5, 5.41) is 6.51. The summed E-state index contributed by atoms with van der Waals surface area (Å²) < 4.78 is 0. The molecule has 26 heavy (non-hydrogen) atoms. The lowest BCUT2D eigenvalue weighted by atomic mass is 9.96. The first-order valence-corrected chi connectivity index (χ1v) is 9.09. The highest BCUT2D eigenvalue weighted by Crippen LogP contribution is 2.23. The van der Waals surface area contributed by atoms with E-state index in [1.165, 1.54) is 0 Å². The van der Waals surface area contributed by atoms with Gasteiger partial charge in [0.1, 0.15) is 0 Å². The van der Waals surface area contributed by atoms with Crippen molar-refractivity contribution < 1.29 is 9.59 Å². The van der Waals surface area contributed by atoms with Crippen LogP contribution in [0.15, 0.2) is 48.5 Å². The van der Waals surface area contributed by atoms with Crippen LogP contribution in [0.25, 0.3) is 0 Å². The number of hydrogen-bond acceptors (Lipinski definition) is 2. The zero-order chi connectivity index (χ0) is 18.5. The fourth-order valence-corrected chi connectivity index (χ4v) is 3.30. The van der Waals surface area contributed by atoms with Gasteiger partial charge in [-0.3, -0.25) is 4.79 Å². The molecule has 1 heterocycles. The maximum Gasteiger partial charge on any atom is 0.321 e. The Hall–Kier alpha value is -2.53. The zero-order valence-corrected chi connectivity index (χ0v) is 15.4. The third kappa shape index (κ3) is 4.55. The van der Waals surface area contributed by atoms with Gasteiger partial charge in [-0.15, -0.1) is 0 Å². The van der Waals surface area contributed by atoms with Crippen molar-refractivity contribution >= 4 is 34.9 Å². The van der Waals surface area contributed by atoms with Crippen molar-refractivity contribution in [1.29, 1.82) is 0 Å². The number of carbonyl (C=O) groups excluding carboxylic acids is 2. The van der Waals surface area contributed by atoms with Gasteiger partial charge >= 0.3 is 6.03 Å². The number of piperidine rings is 1. The molecule has 5 nitrogen and oxygen atoms in total. The number of hydrogen-bond donors (Lipinski definition) is 2. The first kappa shape index (κ1) is 18.3. The Bertz CT molecular complexity index is 787. The number of nitrogens with one attached hydrogen (secondary N) is 2. The Morgan fingerprint density at radius 2 is 1.73 bits per heavy atom. The van der Waals surface area contributed by atoms with E-state index in [2.05, 4.69) is 10.6 Å². The van der Waals surface area contributed by atoms with E-state index in [4.69, 9.17) is 11.6 Å². The van der Waals surface area contributed by atoms with Gasteiger partial charge in [0.25, 0.3) is 0 Å². The maximum absolute atomic E-state index is 12.5. The van der Waals surface area contributed by atoms with Crippen LogP contribution in [0.5, 0.6) is 0 Å². The first-order chi connectivity index (χ1) is 12.5. The summed E-state index contributed by atoms with van der Waals surface area (Å²) >= 11 is 5.95. The van der Waals surface area contributed by atoms with Crippen molar-refractivity contribution in [2.24, 2.45) is 5.92 Å². The quantitative estimate of drug-likeness (QED) is 0.832. The number of carbonyl (C=O) groups is 2. The van der Waals surface area contributed by atoms with E-state index in [1.54, 1.807) is 11.0 Å². The van der Waals surface area contributed by atoms with Gasteiger partial charge in [0.2, 0.25) is 5.91 Å². The van der Waals surface area contributed by atoms with Crippen LogP contribution < -0.4 is 10.6 Å². The molecule has 2 N–H and O–H groups in total. The Balaban J connectivity index is 1.51. The van der Waals surface area contributed by atoms with Crippen LogP contribution in [-0.4, -0.2) is 29.9 Å². The number of urea groups is 1. The van der Waals surface area contributed by atoms with E-state index >= 15 is 0 Å². The van der Waals surface area contributed by atoms with Gasteiger partial charge in [0.05, 0.1) is 0 Å². The maximum atomic E-state index is 12.5. The van der Waals surface area contributed by atoms with Gasteiger partial charge in [-0.05, 0) is 55.7 Å². The van der Waals surface area contributed by atoms with E-state index in [-0.39, 0.29) is 17.9 Å². The molecule has 0 aromatic heterocycles. The molecule has 0 spiro atoms. The Labute approximate surface area is 158 Å². The minimum atomic E-state index is -0.122. The van der Waals surface area contributed by atoms with E-state index in [9.17, 15) is 9.59 Å². The van der Waals surface area contributed by atoms with Crippen LogP contribution in [0, 0.1) is 12.8 Å². The van der Waals surface area contributed by atoms with Crippen LogP contribution in [0.3, 0.4) is 0 Å². The molecule has 0 bridgehead atoms. The molecule has 0 unspecified atom stereocenters. The van der Waals surface area contributed by atoms with Crippen molar-refractivity contribution in [2.75, 3.05) is 23.7 Å². The average Bonchev–Trinajstić information content (AvgIpc) is 2.65. The second-order valence-corrected chi connectivity index (χ2v) is 6.94. The number of amides is 3. The Morgan fingerprint density at radius 3 is 2.38 bits per heavy atom. The molecule has 1 aliphatic heterocycles. The molecule has 0 radical (unpaired) electrons. The van der Waals surface area contributed by atoms with Gasteiger partial charge in [-0.1, -0.05) is 29.8 Å². The Morgan fingerprint density at radius 1 is 1.04 bits per heavy atom. The van der Waals surface area contributed by atoms with Gasteiger partial charge in [-0.25, -0.2) is 4.79 Å². The third-order valence-corrected chi connectivity index (χ3v) is 4.86. The number of rotatable bonds is 3. The molecular weight excluding hydrogens is 350 g/mol. The number of nitrogens with zero attached hydrogens (tertiary/aromatic N) is 1. The van der Waals surface area contributed by atoms with Crippen molar-refractivity contribution in [1.82, 2.24) is 4.90 Å². The van der Waals surface area contributed by atoms with Crippen LogP contribution in [0.1, 0.15) is 18.4 Å². The molecule has 0 saturated carbocycles. The molecule has 1 saturated heterocycles. The minimum absolute atomic E-state index is 0.00135. The van der Waals surface area contributed by atoms with E-state index < -0.39 is 0 Å². The van der Waals surface area contributed by atoms with Crippen molar-refractivity contribution in [3.05, 3.63) is 59.1 Å². The molecule has 0 atom stereocenters. The fraction of sp³-hybridized carbons (Fsp3) is 0.300. The number of likely N-dealkylation sites (tertiary alicyclic amines) is 1. The Kier molecular flexibility index (Phi) is 5.78. The summed E-state index contributed by atoms with van der Waals surface area (Å²) in [4.78, 5) is 26.6. The molecular formula is C20H22ClN3O2. The van der Waals surface area contributed by atoms with Crippen molar-refractivity contribution in [3.63, 3.8) is 0 Å². The summed E-state index contributed by atoms with van der Waals surface area (Å²) in [6.45, 7) is 3.05. The number of anilines is 2. The van der Waals surface area contributed by atoms with Gasteiger partial charge in [-0.2, -0.15) is 0 Å². The number of benzene rings is 2. The number of aryl methyl sites for hydroxylation is 1. The average molecular weight is 372 g/mol. The highest BCUT2D eigenvalue weighted by Gasteiger charge is 2.27. The van der Waals surface area contributed by atoms with Gasteiger partial charge in [0.15, 0.2) is 0 Å². The van der Waals surface area contributed by atoms with Crippen LogP contribution >= 0.6 is 11.6 Å². The van der Waals surface area contributed by atoms with Crippen LogP contribution in [0.4, 0.5) is 16.2 Å². The molecule has 2 aromatic carbocycles. The van der Waals surface area contributed by atoms with E-state index in [1.807, 2.05) is 49.4 Å². The smallest absolute Gasteiger partial charge is 0.321 e. The monoisotopic (exact) mass is 371 g/mol. The fourth-order valence-electron chi connectivity index (χ4n) is 3.07. The lowest BCUT2D eigenvalue weighted by molar-refractivity contribution is -0.121. The predicted molar refractivity (Wildman–Crippen MR) is 105 cm³/mol. The standard InChI is InChI=1S/C20H22ClN3O2/c1-14-13-16(21)7-8-18(14)23-19(25)15-9-11-24(12-10-15)20(26)22-17-5-3-2-4-6-17/h2-8,13,15H,9-12H2,1H3,(H,22,26)(H,23,25). The molecule has 1 aliphatic rings. The zero-order valence-electron chi connectivity index (χ0n) is 14.7. The summed E-state index contributed by atoms with van der Waals surface area (Å²) in [7, 11) is 0. The van der Waals surface area contributed by atoms with Crippen LogP contribution in [-0.2, 0) is 4.79 Å². The molecule has 1 fully saturated rings. The lowest BCUT2D eigenvalue weighted by Gasteiger charge is -2.31. The third-order valence-electron chi connectivity index (χ3n) is 4.62. The normalized spacial score (nSPS) is 14.8. The van der Waals surface area contributed by atoms with Crippen LogP contribution in [0.2, 0.25) is 5.02 Å². The summed E-state index contributed by atoms with van der Waals surface area (Å²) in [6.07, 6.45) is 1.31. The summed E-state index contributed by atoms with van der Waals surface area (Å²) in [6, 6.07) is 14.7. The second-order valence-electron chi connectivity index (χ2n) is 6.51. The van der Waals surface area contributed by atoms with E-state index in [0.29, 0.717) is 31.0 Å². The number of para-hydroxylation sites is 1. The molecule has 6 heteroatoms. The predicted octanol–water partition coefficient (Wildman–Crippen LogP) is 4.53. The van der Waals surface area contributed by atoms with Crippen molar-refractivity contribution in [3.8, 4) is 0 Å². The molecule has 0 aliphatic carbocycles. The first-order valence-electron chi connectivity index (χ1n) is 8.71.